The predicted octanol–water partition coefficient (Wildman–Crippen LogP) is 8.59. The second kappa shape index (κ2) is 13.5. The summed E-state index contributed by atoms with van der Waals surface area (Å²) in [6, 6.07) is 14.7. The first kappa shape index (κ1) is 33.8. The Kier molecular flexibility index (Phi) is 10.3. The van der Waals surface area contributed by atoms with Crippen LogP contribution in [0.4, 0.5) is 0 Å². The molecule has 0 unspecified atom stereocenters. The standard InChI is InChI=1S/C28H33N5.C9H13N.Pt/c1-16(2)14-21-23(17(3)4)26(32-30-21)22-15-18-10-7-8-11-19(18)24(29-22)25-20-12-9-13-28(5,6)27(20)33-31-25;1-9(2,3)8-4-6-10-7-5-8;/h7-8,10-11,15-17H,9,12-14H2,1-6H3;4-7H,1-3H3;/q-2;;+2. The van der Waals surface area contributed by atoms with Crippen LogP contribution in [0.25, 0.3) is 33.5 Å². The van der Waals surface area contributed by atoms with Gasteiger partial charge in [-0.15, -0.1) is 0 Å². The van der Waals surface area contributed by atoms with Crippen molar-refractivity contribution in [3.05, 3.63) is 82.9 Å². The number of rotatable bonds is 5. The minimum Gasteiger partial charge on any atom is -0.573 e. The molecule has 0 amide bonds. The Balaban J connectivity index is 0.000000344. The number of fused-ring (bicyclic) bond motifs is 2. The van der Waals surface area contributed by atoms with Crippen LogP contribution in [0, 0.1) is 5.92 Å². The Morgan fingerprint density at radius 2 is 1.59 bits per heavy atom. The maximum atomic E-state index is 5.20. The van der Waals surface area contributed by atoms with Gasteiger partial charge in [0.2, 0.25) is 0 Å². The predicted molar refractivity (Wildman–Crippen MR) is 176 cm³/mol. The molecule has 234 valence electrons. The minimum absolute atomic E-state index is 0. The summed E-state index contributed by atoms with van der Waals surface area (Å²) < 4.78 is 0. The van der Waals surface area contributed by atoms with E-state index in [1.807, 2.05) is 12.4 Å². The Morgan fingerprint density at radius 1 is 0.909 bits per heavy atom. The quantitative estimate of drug-likeness (QED) is 0.178. The monoisotopic (exact) mass is 769 g/mol. The molecule has 0 spiro atoms. The third kappa shape index (κ3) is 7.07. The molecule has 0 atom stereocenters. The zero-order valence-corrected chi connectivity index (χ0v) is 30.0. The number of nitrogens with zero attached hydrogens (tertiary/aromatic N) is 6. The molecule has 6 nitrogen and oxygen atoms in total. The third-order valence-electron chi connectivity index (χ3n) is 8.46. The van der Waals surface area contributed by atoms with E-state index in [0.717, 1.165) is 70.6 Å². The van der Waals surface area contributed by atoms with Crippen LogP contribution < -0.4 is 10.2 Å². The van der Waals surface area contributed by atoms with E-state index in [0.29, 0.717) is 11.8 Å². The summed E-state index contributed by atoms with van der Waals surface area (Å²) in [6.07, 6.45) is 7.90. The number of benzene rings is 1. The van der Waals surface area contributed by atoms with Gasteiger partial charge in [-0.25, -0.2) is 0 Å². The van der Waals surface area contributed by atoms with Gasteiger partial charge in [0.1, 0.15) is 0 Å². The van der Waals surface area contributed by atoms with E-state index in [2.05, 4.69) is 125 Å². The molecule has 0 saturated carbocycles. The molecule has 4 aromatic heterocycles. The SMILES string of the molecule is CC(C)(C)c1ccncc1.CC(C)Cc1n[n-]c(-c2cc3ccccc3c(-c3[n-]nc4c3CCCC4(C)C)n2)c1C(C)C.[Pt+2]. The first-order valence-electron chi connectivity index (χ1n) is 15.7. The second-order valence-corrected chi connectivity index (χ2v) is 14.3. The average molecular weight is 770 g/mol. The zero-order valence-electron chi connectivity index (χ0n) is 27.7. The largest absolute Gasteiger partial charge is 2.00 e. The molecule has 0 radical (unpaired) electrons. The van der Waals surface area contributed by atoms with Crippen molar-refractivity contribution < 1.29 is 21.1 Å². The van der Waals surface area contributed by atoms with Gasteiger partial charge in [0.25, 0.3) is 0 Å². The second-order valence-electron chi connectivity index (χ2n) is 14.3. The fraction of sp³-hybridized carbons (Fsp3) is 0.459. The van der Waals surface area contributed by atoms with Gasteiger partial charge in [-0.3, -0.25) is 9.97 Å². The van der Waals surface area contributed by atoms with Crippen LogP contribution >= 0.6 is 0 Å². The van der Waals surface area contributed by atoms with Crippen LogP contribution in [0.3, 0.4) is 0 Å². The number of hydrogen-bond donors (Lipinski definition) is 0. The molecular weight excluding hydrogens is 724 g/mol. The van der Waals surface area contributed by atoms with Crippen molar-refractivity contribution in [3.63, 3.8) is 0 Å². The maximum Gasteiger partial charge on any atom is 2.00 e. The van der Waals surface area contributed by atoms with Crippen LogP contribution in [0.2, 0.25) is 0 Å². The molecule has 1 aliphatic carbocycles. The summed E-state index contributed by atoms with van der Waals surface area (Å²) in [4.78, 5) is 9.16. The van der Waals surface area contributed by atoms with E-state index in [1.165, 1.54) is 16.7 Å². The van der Waals surface area contributed by atoms with Crippen LogP contribution in [0.1, 0.15) is 109 Å². The Bertz CT molecular complexity index is 1690. The van der Waals surface area contributed by atoms with Crippen molar-refractivity contribution in [2.24, 2.45) is 5.92 Å². The summed E-state index contributed by atoms with van der Waals surface area (Å²) in [6.45, 7) is 20.0. The normalized spacial score (nSPS) is 14.2. The molecule has 0 N–H and O–H groups in total. The summed E-state index contributed by atoms with van der Waals surface area (Å²) >= 11 is 0. The molecule has 0 bridgehead atoms. The summed E-state index contributed by atoms with van der Waals surface area (Å²) in [5.41, 5.74) is 9.98. The van der Waals surface area contributed by atoms with Gasteiger partial charge in [-0.05, 0) is 83.2 Å². The molecule has 4 heterocycles. The van der Waals surface area contributed by atoms with Gasteiger partial charge >= 0.3 is 21.1 Å². The minimum atomic E-state index is 0. The van der Waals surface area contributed by atoms with Gasteiger partial charge in [0, 0.05) is 34.6 Å². The molecule has 0 fully saturated rings. The van der Waals surface area contributed by atoms with Crippen molar-refractivity contribution >= 4 is 10.8 Å². The summed E-state index contributed by atoms with van der Waals surface area (Å²) in [5, 5.41) is 20.9. The van der Waals surface area contributed by atoms with Crippen LogP contribution in [0.15, 0.2) is 54.9 Å². The Labute approximate surface area is 277 Å². The van der Waals surface area contributed by atoms with Gasteiger partial charge in [-0.1, -0.05) is 98.0 Å². The molecule has 0 saturated heterocycles. The molecule has 7 heteroatoms. The Morgan fingerprint density at radius 3 is 2.23 bits per heavy atom. The topological polar surface area (TPSA) is 79.8 Å². The maximum absolute atomic E-state index is 5.20. The first-order valence-corrected chi connectivity index (χ1v) is 15.7. The van der Waals surface area contributed by atoms with Crippen molar-refractivity contribution in [1.82, 2.24) is 30.4 Å². The fourth-order valence-corrected chi connectivity index (χ4v) is 6.17. The van der Waals surface area contributed by atoms with Crippen molar-refractivity contribution in [1.29, 1.82) is 0 Å². The molecule has 44 heavy (non-hydrogen) atoms. The van der Waals surface area contributed by atoms with Gasteiger partial charge in [0.15, 0.2) is 0 Å². The molecule has 1 aliphatic rings. The molecular formula is C37H46N6Pt. The van der Waals surface area contributed by atoms with E-state index in [9.17, 15) is 0 Å². The van der Waals surface area contributed by atoms with Crippen molar-refractivity contribution in [3.8, 4) is 22.8 Å². The van der Waals surface area contributed by atoms with Gasteiger partial charge in [-0.2, -0.15) is 0 Å². The molecule has 6 rings (SSSR count). The Hall–Kier alpha value is -3.11. The molecule has 0 aliphatic heterocycles. The third-order valence-corrected chi connectivity index (χ3v) is 8.46. The van der Waals surface area contributed by atoms with Gasteiger partial charge in [0.05, 0.1) is 11.4 Å². The number of aromatic nitrogens is 6. The van der Waals surface area contributed by atoms with E-state index in [1.54, 1.807) is 0 Å². The molecule has 5 aromatic rings. The molecule has 1 aromatic carbocycles. The summed E-state index contributed by atoms with van der Waals surface area (Å²) in [7, 11) is 0. The van der Waals surface area contributed by atoms with Crippen molar-refractivity contribution in [2.75, 3.05) is 0 Å². The zero-order chi connectivity index (χ0) is 30.9. The van der Waals surface area contributed by atoms with Crippen molar-refractivity contribution in [2.45, 2.75) is 105 Å². The van der Waals surface area contributed by atoms with E-state index >= 15 is 0 Å². The number of hydrogen-bond acceptors (Lipinski definition) is 4. The van der Waals surface area contributed by atoms with E-state index in [4.69, 9.17) is 10.1 Å². The first-order chi connectivity index (χ1) is 20.4. The van der Waals surface area contributed by atoms with Crippen LogP contribution in [0.5, 0.6) is 0 Å². The smallest absolute Gasteiger partial charge is 0.573 e. The average Bonchev–Trinajstić information content (AvgIpc) is 3.58. The fourth-order valence-electron chi connectivity index (χ4n) is 6.17. The van der Waals surface area contributed by atoms with E-state index in [-0.39, 0.29) is 31.9 Å². The summed E-state index contributed by atoms with van der Waals surface area (Å²) in [5.74, 6) is 0.856. The van der Waals surface area contributed by atoms with E-state index < -0.39 is 0 Å². The van der Waals surface area contributed by atoms with Gasteiger partial charge < -0.3 is 20.4 Å². The number of pyridine rings is 2. The van der Waals surface area contributed by atoms with Crippen LogP contribution in [-0.4, -0.2) is 20.2 Å². The van der Waals surface area contributed by atoms with Crippen LogP contribution in [-0.2, 0) is 44.7 Å².